The van der Waals surface area contributed by atoms with Crippen LogP contribution in [0.5, 0.6) is 11.5 Å². The van der Waals surface area contributed by atoms with Gasteiger partial charge in [0.15, 0.2) is 11.5 Å². The maximum Gasteiger partial charge on any atom is 0.166 e. The zero-order chi connectivity index (χ0) is 13.3. The average Bonchev–Trinajstić information content (AvgIpc) is 2.80. The van der Waals surface area contributed by atoms with Crippen molar-refractivity contribution < 1.29 is 9.47 Å². The number of allylic oxidation sites excluding steroid dienone is 1. The number of benzene rings is 1. The number of ether oxygens (including phenoxy) is 2. The molecule has 0 aromatic heterocycles. The molecular weight excluding hydrogens is 248 g/mol. The second-order valence-corrected chi connectivity index (χ2v) is 6.84. The molecule has 2 heteroatoms. The molecule has 1 aromatic rings. The van der Waals surface area contributed by atoms with Gasteiger partial charge in [-0.1, -0.05) is 18.6 Å². The van der Waals surface area contributed by atoms with Crippen LogP contribution < -0.4 is 9.47 Å². The van der Waals surface area contributed by atoms with Gasteiger partial charge in [-0.25, -0.2) is 0 Å². The second kappa shape index (κ2) is 3.60. The number of rotatable bonds is 1. The molecule has 1 unspecified atom stereocenters. The van der Waals surface area contributed by atoms with E-state index in [-0.39, 0.29) is 11.5 Å². The highest BCUT2D eigenvalue weighted by molar-refractivity contribution is 5.61. The molecule has 0 saturated heterocycles. The SMILES string of the molecule is COc1ccc2c3c1O[C@H]1C=CC[C@H]4[C@H](CCCC314)C2. The van der Waals surface area contributed by atoms with Crippen molar-refractivity contribution >= 4 is 0 Å². The van der Waals surface area contributed by atoms with Gasteiger partial charge in [0.05, 0.1) is 7.11 Å². The minimum Gasteiger partial charge on any atom is -0.493 e. The van der Waals surface area contributed by atoms with E-state index in [0.717, 1.165) is 23.3 Å². The van der Waals surface area contributed by atoms with E-state index < -0.39 is 0 Å². The fraction of sp³-hybridized carbons (Fsp3) is 0.556. The van der Waals surface area contributed by atoms with Crippen molar-refractivity contribution in [1.82, 2.24) is 0 Å². The molecule has 4 atom stereocenters. The Balaban J connectivity index is 1.84. The van der Waals surface area contributed by atoms with Crippen LogP contribution in [0, 0.1) is 11.8 Å². The lowest BCUT2D eigenvalue weighted by Crippen LogP contribution is -2.53. The van der Waals surface area contributed by atoms with E-state index in [2.05, 4.69) is 24.3 Å². The van der Waals surface area contributed by atoms with Gasteiger partial charge in [-0.15, -0.1) is 0 Å². The molecule has 0 N–H and O–H groups in total. The normalized spacial score (nSPS) is 39.1. The molecule has 3 aliphatic carbocycles. The molecule has 1 fully saturated rings. The van der Waals surface area contributed by atoms with Gasteiger partial charge < -0.3 is 9.47 Å². The van der Waals surface area contributed by atoms with E-state index in [1.54, 1.807) is 7.11 Å². The van der Waals surface area contributed by atoms with Crippen LogP contribution in [-0.2, 0) is 11.8 Å². The lowest BCUT2D eigenvalue weighted by Gasteiger charge is -2.53. The first kappa shape index (κ1) is 11.2. The Labute approximate surface area is 119 Å². The van der Waals surface area contributed by atoms with Crippen molar-refractivity contribution in [3.05, 3.63) is 35.4 Å². The van der Waals surface area contributed by atoms with Crippen LogP contribution in [0.3, 0.4) is 0 Å². The Morgan fingerprint density at radius 2 is 2.30 bits per heavy atom. The summed E-state index contributed by atoms with van der Waals surface area (Å²) in [7, 11) is 1.75. The molecule has 1 spiro atoms. The molecule has 0 radical (unpaired) electrons. The molecule has 1 aliphatic heterocycles. The Hall–Kier alpha value is -1.44. The maximum absolute atomic E-state index is 6.39. The summed E-state index contributed by atoms with van der Waals surface area (Å²) >= 11 is 0. The molecular formula is C18H20O2. The van der Waals surface area contributed by atoms with E-state index in [4.69, 9.17) is 9.47 Å². The highest BCUT2D eigenvalue weighted by Crippen LogP contribution is 2.64. The molecule has 1 heterocycles. The first-order valence-corrected chi connectivity index (χ1v) is 7.88. The van der Waals surface area contributed by atoms with Crippen molar-refractivity contribution in [3.8, 4) is 11.5 Å². The van der Waals surface area contributed by atoms with Crippen LogP contribution >= 0.6 is 0 Å². The molecule has 20 heavy (non-hydrogen) atoms. The van der Waals surface area contributed by atoms with E-state index >= 15 is 0 Å². The quantitative estimate of drug-likeness (QED) is 0.724. The summed E-state index contributed by atoms with van der Waals surface area (Å²) in [5.74, 6) is 3.61. The van der Waals surface area contributed by atoms with Crippen LogP contribution in [0.1, 0.15) is 36.8 Å². The third-order valence-corrected chi connectivity index (χ3v) is 6.22. The fourth-order valence-electron chi connectivity index (χ4n) is 5.55. The summed E-state index contributed by atoms with van der Waals surface area (Å²) in [5.41, 5.74) is 3.29. The van der Waals surface area contributed by atoms with Crippen molar-refractivity contribution in [1.29, 1.82) is 0 Å². The number of hydrogen-bond acceptors (Lipinski definition) is 2. The number of hydrogen-bond donors (Lipinski definition) is 0. The largest absolute Gasteiger partial charge is 0.493 e. The molecule has 5 rings (SSSR count). The van der Waals surface area contributed by atoms with Gasteiger partial charge in [0, 0.05) is 11.0 Å². The van der Waals surface area contributed by atoms with Crippen molar-refractivity contribution in [2.45, 2.75) is 43.6 Å². The van der Waals surface area contributed by atoms with E-state index in [0.29, 0.717) is 0 Å². The minimum absolute atomic E-state index is 0.245. The van der Waals surface area contributed by atoms with Gasteiger partial charge in [0.25, 0.3) is 0 Å². The summed E-state index contributed by atoms with van der Waals surface area (Å²) in [6, 6.07) is 4.39. The summed E-state index contributed by atoms with van der Waals surface area (Å²) < 4.78 is 12.0. The Bertz CT molecular complexity index is 618. The third kappa shape index (κ3) is 1.09. The third-order valence-electron chi connectivity index (χ3n) is 6.22. The standard InChI is InChI=1S/C18H20O2/c1-19-14-8-7-12-10-11-4-3-9-18-13(11)5-2-6-15(18)20-17(14)16(12)18/h2,6-8,11,13,15H,3-5,9-10H2,1H3/t11-,13+,15+,18?/m1/s1. The predicted octanol–water partition coefficient (Wildman–Crippen LogP) is 3.63. The van der Waals surface area contributed by atoms with Gasteiger partial charge in [-0.3, -0.25) is 0 Å². The smallest absolute Gasteiger partial charge is 0.166 e. The van der Waals surface area contributed by atoms with Crippen molar-refractivity contribution in [3.63, 3.8) is 0 Å². The molecule has 104 valence electrons. The molecule has 1 saturated carbocycles. The van der Waals surface area contributed by atoms with Crippen LogP contribution in [0.2, 0.25) is 0 Å². The first-order valence-electron chi connectivity index (χ1n) is 7.88. The Kier molecular flexibility index (Phi) is 2.03. The van der Waals surface area contributed by atoms with E-state index in [1.807, 2.05) is 0 Å². The van der Waals surface area contributed by atoms with Crippen LogP contribution in [0.4, 0.5) is 0 Å². The molecule has 2 bridgehead atoms. The zero-order valence-corrected chi connectivity index (χ0v) is 11.9. The summed E-state index contributed by atoms with van der Waals surface area (Å²) in [5, 5.41) is 0. The van der Waals surface area contributed by atoms with E-state index in [1.165, 1.54) is 43.2 Å². The number of methoxy groups -OCH3 is 1. The molecule has 2 nitrogen and oxygen atoms in total. The first-order chi connectivity index (χ1) is 9.84. The second-order valence-electron chi connectivity index (χ2n) is 6.84. The molecule has 1 aromatic carbocycles. The van der Waals surface area contributed by atoms with Crippen molar-refractivity contribution in [2.24, 2.45) is 11.8 Å². The van der Waals surface area contributed by atoms with Gasteiger partial charge in [-0.2, -0.15) is 0 Å². The minimum atomic E-state index is 0.245. The van der Waals surface area contributed by atoms with Gasteiger partial charge in [0.2, 0.25) is 0 Å². The average molecular weight is 268 g/mol. The zero-order valence-electron chi connectivity index (χ0n) is 11.9. The van der Waals surface area contributed by atoms with E-state index in [9.17, 15) is 0 Å². The lowest BCUT2D eigenvalue weighted by molar-refractivity contribution is 0.0373. The molecule has 0 amide bonds. The Morgan fingerprint density at radius 1 is 1.35 bits per heavy atom. The maximum atomic E-state index is 6.39. The van der Waals surface area contributed by atoms with Gasteiger partial charge >= 0.3 is 0 Å². The predicted molar refractivity (Wildman–Crippen MR) is 77.4 cm³/mol. The van der Waals surface area contributed by atoms with Crippen LogP contribution in [0.15, 0.2) is 24.3 Å². The molecule has 4 aliphatic rings. The van der Waals surface area contributed by atoms with Crippen LogP contribution in [-0.4, -0.2) is 13.2 Å². The van der Waals surface area contributed by atoms with Gasteiger partial charge in [0.1, 0.15) is 6.10 Å². The highest BCUT2D eigenvalue weighted by Gasteiger charge is 2.60. The highest BCUT2D eigenvalue weighted by atomic mass is 16.5. The summed E-state index contributed by atoms with van der Waals surface area (Å²) in [6.45, 7) is 0. The van der Waals surface area contributed by atoms with Gasteiger partial charge in [-0.05, 0) is 55.2 Å². The fourth-order valence-corrected chi connectivity index (χ4v) is 5.55. The lowest BCUT2D eigenvalue weighted by atomic mass is 9.50. The summed E-state index contributed by atoms with van der Waals surface area (Å²) in [4.78, 5) is 0. The Morgan fingerprint density at radius 3 is 3.20 bits per heavy atom. The summed E-state index contributed by atoms with van der Waals surface area (Å²) in [6.07, 6.45) is 11.4. The monoisotopic (exact) mass is 268 g/mol. The van der Waals surface area contributed by atoms with Crippen LogP contribution in [0.25, 0.3) is 0 Å². The topological polar surface area (TPSA) is 18.5 Å². The van der Waals surface area contributed by atoms with Crippen molar-refractivity contribution in [2.75, 3.05) is 7.11 Å².